The van der Waals surface area contributed by atoms with E-state index in [1.165, 1.54) is 0 Å². The number of guanidine groups is 1. The maximum absolute atomic E-state index is 10.2. The van der Waals surface area contributed by atoms with Crippen LogP contribution in [0.3, 0.4) is 0 Å². The Morgan fingerprint density at radius 2 is 1.75 bits per heavy atom. The van der Waals surface area contributed by atoms with Crippen LogP contribution >= 0.6 is 0 Å². The van der Waals surface area contributed by atoms with E-state index in [9.17, 15) is 4.79 Å². The number of aliphatic carboxylic acids is 1. The maximum atomic E-state index is 10.2. The summed E-state index contributed by atoms with van der Waals surface area (Å²) in [5, 5.41) is 17.7. The molecule has 0 radical (unpaired) electrons. The van der Waals surface area contributed by atoms with E-state index in [4.69, 9.17) is 26.8 Å². The van der Waals surface area contributed by atoms with Crippen molar-refractivity contribution in [2.45, 2.75) is 18.9 Å². The third-order valence-corrected chi connectivity index (χ3v) is 1.32. The highest BCUT2D eigenvalue weighted by molar-refractivity contribution is 5.74. The summed E-state index contributed by atoms with van der Waals surface area (Å²) in [6.45, 7) is 0.482. The molecule has 9 nitrogen and oxygen atoms in total. The molecule has 0 spiro atoms. The van der Waals surface area contributed by atoms with Gasteiger partial charge in [0.05, 0.1) is 0 Å². The van der Waals surface area contributed by atoms with Crippen LogP contribution in [0, 0.1) is 5.41 Å². The van der Waals surface area contributed by atoms with Crippen LogP contribution in [0.15, 0.2) is 0 Å². The molecule has 0 aliphatic rings. The Balaban J connectivity index is 0. The number of nitrogens with one attached hydrogen (secondary N) is 2. The standard InChI is InChI=1S/C6H14N4O2.CH4N2O/c7-4(5(11)12)2-1-3-10-6(8)9;2-1(3)4/h4H,1-3,7H2,(H,11,12)(H4,8,9,10);(H4,2,3,4). The van der Waals surface area contributed by atoms with Gasteiger partial charge in [0, 0.05) is 6.54 Å². The molecule has 0 fully saturated rings. The van der Waals surface area contributed by atoms with Crippen LogP contribution in [0.25, 0.3) is 0 Å². The van der Waals surface area contributed by atoms with Crippen molar-refractivity contribution in [1.29, 1.82) is 5.41 Å². The van der Waals surface area contributed by atoms with E-state index in [2.05, 4.69) is 16.8 Å². The third kappa shape index (κ3) is 17.9. The second kappa shape index (κ2) is 9.52. The molecule has 0 bridgehead atoms. The van der Waals surface area contributed by atoms with Gasteiger partial charge in [0.2, 0.25) is 0 Å². The minimum absolute atomic E-state index is 0.112. The number of urea groups is 1. The van der Waals surface area contributed by atoms with Crippen molar-refractivity contribution in [3.63, 3.8) is 0 Å². The van der Waals surface area contributed by atoms with Gasteiger partial charge in [-0.3, -0.25) is 10.2 Å². The number of hydrogen-bond donors (Lipinski definition) is 7. The highest BCUT2D eigenvalue weighted by Crippen LogP contribution is 1.92. The lowest BCUT2D eigenvalue weighted by molar-refractivity contribution is -0.138. The molecule has 94 valence electrons. The average Bonchev–Trinajstić information content (AvgIpc) is 2.10. The molecule has 0 rings (SSSR count). The number of nitrogens with two attached hydrogens (primary N) is 4. The van der Waals surface area contributed by atoms with Gasteiger partial charge in [0.25, 0.3) is 0 Å². The minimum atomic E-state index is -1.00. The zero-order chi connectivity index (χ0) is 13.1. The first kappa shape index (κ1) is 16.4. The summed E-state index contributed by atoms with van der Waals surface area (Å²) in [4.78, 5) is 19.2. The lowest BCUT2D eigenvalue weighted by Crippen LogP contribution is -2.34. The molecule has 1 atom stereocenters. The molecule has 9 heteroatoms. The summed E-state index contributed by atoms with van der Waals surface area (Å²) < 4.78 is 0. The molecular weight excluding hydrogens is 216 g/mol. The van der Waals surface area contributed by atoms with E-state index in [1.807, 2.05) is 0 Å². The molecule has 0 saturated heterocycles. The topological polar surface area (TPSA) is 194 Å². The highest BCUT2D eigenvalue weighted by Gasteiger charge is 2.09. The Morgan fingerprint density at radius 1 is 1.31 bits per heavy atom. The lowest BCUT2D eigenvalue weighted by atomic mass is 10.2. The first-order chi connectivity index (χ1) is 7.27. The molecule has 0 heterocycles. The molecule has 16 heavy (non-hydrogen) atoms. The van der Waals surface area contributed by atoms with Crippen LogP contribution < -0.4 is 28.3 Å². The molecule has 0 aromatic carbocycles. The van der Waals surface area contributed by atoms with E-state index in [0.29, 0.717) is 19.4 Å². The van der Waals surface area contributed by atoms with Gasteiger partial charge in [0.15, 0.2) is 5.96 Å². The van der Waals surface area contributed by atoms with Gasteiger partial charge in [0.1, 0.15) is 6.04 Å². The van der Waals surface area contributed by atoms with Crippen molar-refractivity contribution < 1.29 is 14.7 Å². The van der Waals surface area contributed by atoms with Crippen molar-refractivity contribution in [3.8, 4) is 0 Å². The summed E-state index contributed by atoms with van der Waals surface area (Å²) in [5.74, 6) is -1.11. The predicted octanol–water partition coefficient (Wildman–Crippen LogP) is -2.31. The Morgan fingerprint density at radius 3 is 2.06 bits per heavy atom. The maximum Gasteiger partial charge on any atom is 0.320 e. The monoisotopic (exact) mass is 234 g/mol. The number of hydrogen-bond acceptors (Lipinski definition) is 4. The van der Waals surface area contributed by atoms with Gasteiger partial charge in [-0.25, -0.2) is 4.79 Å². The van der Waals surface area contributed by atoms with E-state index < -0.39 is 18.0 Å². The van der Waals surface area contributed by atoms with Crippen LogP contribution in [0.5, 0.6) is 0 Å². The summed E-state index contributed by atoms with van der Waals surface area (Å²) in [5.41, 5.74) is 18.7. The van der Waals surface area contributed by atoms with Gasteiger partial charge in [-0.05, 0) is 12.8 Å². The number of carbonyl (C=O) groups excluding carboxylic acids is 1. The van der Waals surface area contributed by atoms with Gasteiger partial charge in [-0.15, -0.1) is 0 Å². The zero-order valence-electron chi connectivity index (χ0n) is 8.77. The van der Waals surface area contributed by atoms with Crippen LogP contribution in [0.1, 0.15) is 12.8 Å². The number of carbonyl (C=O) groups is 2. The lowest BCUT2D eigenvalue weighted by Gasteiger charge is -2.06. The smallest absolute Gasteiger partial charge is 0.320 e. The first-order valence-corrected chi connectivity index (χ1v) is 4.38. The summed E-state index contributed by atoms with van der Waals surface area (Å²) in [6.07, 6.45) is 0.975. The summed E-state index contributed by atoms with van der Waals surface area (Å²) in [6, 6.07) is -1.65. The molecule has 11 N–H and O–H groups in total. The summed E-state index contributed by atoms with van der Waals surface area (Å²) in [7, 11) is 0. The van der Waals surface area contributed by atoms with E-state index >= 15 is 0 Å². The Kier molecular flexibility index (Phi) is 9.76. The fraction of sp³-hybridized carbons (Fsp3) is 0.571. The predicted molar refractivity (Wildman–Crippen MR) is 58.5 cm³/mol. The molecule has 0 aromatic heterocycles. The van der Waals surface area contributed by atoms with Crippen molar-refractivity contribution in [2.75, 3.05) is 6.54 Å². The first-order valence-electron chi connectivity index (χ1n) is 4.38. The molecule has 0 saturated carbocycles. The number of rotatable bonds is 5. The highest BCUT2D eigenvalue weighted by atomic mass is 16.4. The molecular formula is C7H18N6O3. The average molecular weight is 234 g/mol. The number of primary amides is 2. The van der Waals surface area contributed by atoms with Gasteiger partial charge in [-0.2, -0.15) is 0 Å². The van der Waals surface area contributed by atoms with Crippen LogP contribution in [-0.4, -0.2) is 35.7 Å². The van der Waals surface area contributed by atoms with E-state index in [1.54, 1.807) is 0 Å². The Bertz CT molecular complexity index is 240. The molecule has 0 aromatic rings. The molecule has 1 unspecified atom stereocenters. The Hall–Kier alpha value is -2.03. The van der Waals surface area contributed by atoms with Gasteiger partial charge < -0.3 is 33.4 Å². The summed E-state index contributed by atoms with van der Waals surface area (Å²) >= 11 is 0. The number of carboxylic acids is 1. The van der Waals surface area contributed by atoms with Crippen molar-refractivity contribution >= 4 is 18.0 Å². The second-order valence-corrected chi connectivity index (χ2v) is 2.83. The molecule has 0 aliphatic carbocycles. The largest absolute Gasteiger partial charge is 0.480 e. The molecule has 0 aliphatic heterocycles. The van der Waals surface area contributed by atoms with E-state index in [-0.39, 0.29) is 5.96 Å². The SMILES string of the molecule is N=C(N)NCCCC(N)C(=O)O.NC(N)=O. The fourth-order valence-corrected chi connectivity index (χ4v) is 0.669. The van der Waals surface area contributed by atoms with E-state index in [0.717, 1.165) is 0 Å². The number of carboxylic acid groups (broad SMARTS) is 1. The van der Waals surface area contributed by atoms with Crippen LogP contribution in [0.2, 0.25) is 0 Å². The number of amides is 2. The van der Waals surface area contributed by atoms with Crippen LogP contribution in [-0.2, 0) is 4.79 Å². The van der Waals surface area contributed by atoms with Gasteiger partial charge in [-0.1, -0.05) is 0 Å². The fourth-order valence-electron chi connectivity index (χ4n) is 0.669. The van der Waals surface area contributed by atoms with Crippen molar-refractivity contribution in [2.24, 2.45) is 22.9 Å². The minimum Gasteiger partial charge on any atom is -0.480 e. The van der Waals surface area contributed by atoms with Crippen molar-refractivity contribution in [3.05, 3.63) is 0 Å². The molecule has 2 amide bonds. The second-order valence-electron chi connectivity index (χ2n) is 2.83. The van der Waals surface area contributed by atoms with Gasteiger partial charge >= 0.3 is 12.0 Å². The third-order valence-electron chi connectivity index (χ3n) is 1.32. The van der Waals surface area contributed by atoms with Crippen LogP contribution in [0.4, 0.5) is 4.79 Å². The normalized spacial score (nSPS) is 10.6. The Labute approximate surface area is 92.6 Å². The zero-order valence-corrected chi connectivity index (χ0v) is 8.77. The van der Waals surface area contributed by atoms with Crippen molar-refractivity contribution in [1.82, 2.24) is 5.32 Å². The quantitative estimate of drug-likeness (QED) is 0.158.